The van der Waals surface area contributed by atoms with Crippen LogP contribution in [-0.4, -0.2) is 22.8 Å². The first-order valence-electron chi connectivity index (χ1n) is 6.59. The molecule has 1 aromatic rings. The number of rotatable bonds is 3. The number of ether oxygens (including phenoxy) is 1. The molecule has 2 aliphatic rings. The molecule has 1 aromatic heterocycles. The molecule has 1 saturated carbocycles. The Labute approximate surface area is 111 Å². The van der Waals surface area contributed by atoms with Crippen LogP contribution in [-0.2, 0) is 11.3 Å². The van der Waals surface area contributed by atoms with Gasteiger partial charge in [-0.15, -0.1) is 0 Å². The highest BCUT2D eigenvalue weighted by Gasteiger charge is 2.29. The van der Waals surface area contributed by atoms with Crippen LogP contribution in [0.15, 0.2) is 10.9 Å². The van der Waals surface area contributed by atoms with Gasteiger partial charge in [0.15, 0.2) is 0 Å². The normalized spacial score (nSPS) is 21.2. The molecule has 2 heterocycles. The molecule has 3 rings (SSSR count). The van der Waals surface area contributed by atoms with Crippen molar-refractivity contribution in [1.82, 2.24) is 9.55 Å². The molecule has 0 bridgehead atoms. The van der Waals surface area contributed by atoms with Crippen molar-refractivity contribution in [2.45, 2.75) is 38.1 Å². The van der Waals surface area contributed by atoms with Gasteiger partial charge in [0, 0.05) is 31.7 Å². The first-order chi connectivity index (χ1) is 8.74. The minimum atomic E-state index is -0.0107. The Morgan fingerprint density at radius 3 is 2.72 bits per heavy atom. The third-order valence-electron chi connectivity index (χ3n) is 3.73. The summed E-state index contributed by atoms with van der Waals surface area (Å²) in [6, 6.07) is 1.42. The molecule has 0 aromatic carbocycles. The topological polar surface area (TPSA) is 44.1 Å². The van der Waals surface area contributed by atoms with Gasteiger partial charge in [0.2, 0.25) is 0 Å². The summed E-state index contributed by atoms with van der Waals surface area (Å²) >= 11 is 5.89. The Balaban J connectivity index is 1.87. The molecule has 4 nitrogen and oxygen atoms in total. The van der Waals surface area contributed by atoms with E-state index in [0.29, 0.717) is 17.0 Å². The van der Waals surface area contributed by atoms with Gasteiger partial charge >= 0.3 is 0 Å². The zero-order valence-electron chi connectivity index (χ0n) is 10.3. The van der Waals surface area contributed by atoms with Gasteiger partial charge in [0.1, 0.15) is 11.0 Å². The second-order valence-corrected chi connectivity index (χ2v) is 5.60. The van der Waals surface area contributed by atoms with Crippen molar-refractivity contribution in [2.24, 2.45) is 5.92 Å². The second-order valence-electron chi connectivity index (χ2n) is 5.22. The molecule has 18 heavy (non-hydrogen) atoms. The number of halogens is 1. The largest absolute Gasteiger partial charge is 0.381 e. The van der Waals surface area contributed by atoms with Crippen LogP contribution in [0.25, 0.3) is 0 Å². The van der Waals surface area contributed by atoms with Crippen molar-refractivity contribution in [3.05, 3.63) is 27.4 Å². The lowest BCUT2D eigenvalue weighted by Gasteiger charge is -2.23. The minimum absolute atomic E-state index is 0.0107. The molecule has 0 radical (unpaired) electrons. The van der Waals surface area contributed by atoms with Crippen LogP contribution in [0.1, 0.15) is 37.4 Å². The van der Waals surface area contributed by atoms with Crippen LogP contribution in [0.5, 0.6) is 0 Å². The molecule has 0 unspecified atom stereocenters. The van der Waals surface area contributed by atoms with E-state index in [1.165, 1.54) is 6.07 Å². The van der Waals surface area contributed by atoms with Crippen molar-refractivity contribution >= 4 is 11.6 Å². The van der Waals surface area contributed by atoms with Gasteiger partial charge in [-0.05, 0) is 31.6 Å². The summed E-state index contributed by atoms with van der Waals surface area (Å²) < 4.78 is 7.19. The average molecular weight is 269 g/mol. The summed E-state index contributed by atoms with van der Waals surface area (Å²) in [5, 5.41) is 0.324. The van der Waals surface area contributed by atoms with Crippen LogP contribution in [0.3, 0.4) is 0 Å². The smallest absolute Gasteiger partial charge is 0.254 e. The fourth-order valence-electron chi connectivity index (χ4n) is 2.52. The number of hydrogen-bond acceptors (Lipinski definition) is 3. The predicted octanol–water partition coefficient (Wildman–Crippen LogP) is 2.20. The molecular weight excluding hydrogens is 252 g/mol. The SMILES string of the molecule is O=c1cc(Cl)nc(C2CC2)n1CC1CCOCC1. The van der Waals surface area contributed by atoms with Gasteiger partial charge < -0.3 is 4.74 Å². The maximum Gasteiger partial charge on any atom is 0.254 e. The summed E-state index contributed by atoms with van der Waals surface area (Å²) in [5.41, 5.74) is -0.0107. The number of hydrogen-bond donors (Lipinski definition) is 0. The summed E-state index contributed by atoms with van der Waals surface area (Å²) in [4.78, 5) is 16.4. The molecule has 2 fully saturated rings. The molecule has 0 spiro atoms. The van der Waals surface area contributed by atoms with Gasteiger partial charge in [0.25, 0.3) is 5.56 Å². The highest BCUT2D eigenvalue weighted by atomic mass is 35.5. The fraction of sp³-hybridized carbons (Fsp3) is 0.692. The summed E-state index contributed by atoms with van der Waals surface area (Å²) in [6.45, 7) is 2.37. The van der Waals surface area contributed by atoms with E-state index < -0.39 is 0 Å². The zero-order valence-corrected chi connectivity index (χ0v) is 11.0. The monoisotopic (exact) mass is 268 g/mol. The quantitative estimate of drug-likeness (QED) is 0.790. The summed E-state index contributed by atoms with van der Waals surface area (Å²) in [5.74, 6) is 1.85. The third kappa shape index (κ3) is 2.59. The van der Waals surface area contributed by atoms with Gasteiger partial charge in [-0.2, -0.15) is 0 Å². The van der Waals surface area contributed by atoms with Crippen molar-refractivity contribution in [3.63, 3.8) is 0 Å². The van der Waals surface area contributed by atoms with Gasteiger partial charge in [-0.3, -0.25) is 9.36 Å². The van der Waals surface area contributed by atoms with Crippen molar-refractivity contribution in [1.29, 1.82) is 0 Å². The van der Waals surface area contributed by atoms with E-state index in [2.05, 4.69) is 4.98 Å². The molecule has 5 heteroatoms. The fourth-order valence-corrected chi connectivity index (χ4v) is 2.70. The van der Waals surface area contributed by atoms with Crippen LogP contribution in [0.4, 0.5) is 0 Å². The molecule has 1 saturated heterocycles. The van der Waals surface area contributed by atoms with Gasteiger partial charge in [0.05, 0.1) is 0 Å². The Bertz CT molecular complexity index is 490. The van der Waals surface area contributed by atoms with E-state index in [0.717, 1.165) is 51.3 Å². The molecular formula is C13H17ClN2O2. The summed E-state index contributed by atoms with van der Waals surface area (Å²) in [7, 11) is 0. The van der Waals surface area contributed by atoms with E-state index >= 15 is 0 Å². The zero-order chi connectivity index (χ0) is 12.5. The Hall–Kier alpha value is -0.870. The maximum absolute atomic E-state index is 12.1. The minimum Gasteiger partial charge on any atom is -0.381 e. The first-order valence-corrected chi connectivity index (χ1v) is 6.97. The highest BCUT2D eigenvalue weighted by Crippen LogP contribution is 2.39. The standard InChI is InChI=1S/C13H17ClN2O2/c14-11-7-12(17)16(13(15-11)10-1-2-10)8-9-3-5-18-6-4-9/h7,9-10H,1-6,8H2. The molecule has 1 aliphatic carbocycles. The highest BCUT2D eigenvalue weighted by molar-refractivity contribution is 6.29. The second kappa shape index (κ2) is 5.02. The number of nitrogens with zero attached hydrogens (tertiary/aromatic N) is 2. The van der Waals surface area contributed by atoms with Crippen molar-refractivity contribution in [3.8, 4) is 0 Å². The van der Waals surface area contributed by atoms with Crippen LogP contribution in [0, 0.1) is 5.92 Å². The Morgan fingerprint density at radius 2 is 2.06 bits per heavy atom. The molecule has 1 aliphatic heterocycles. The van der Waals surface area contributed by atoms with E-state index in [1.54, 1.807) is 0 Å². The summed E-state index contributed by atoms with van der Waals surface area (Å²) in [6.07, 6.45) is 4.31. The van der Waals surface area contributed by atoms with Crippen molar-refractivity contribution < 1.29 is 4.74 Å². The van der Waals surface area contributed by atoms with E-state index in [9.17, 15) is 4.79 Å². The van der Waals surface area contributed by atoms with Gasteiger partial charge in [-0.1, -0.05) is 11.6 Å². The molecule has 98 valence electrons. The Kier molecular flexibility index (Phi) is 3.39. The molecule has 0 atom stereocenters. The Morgan fingerprint density at radius 1 is 1.33 bits per heavy atom. The van der Waals surface area contributed by atoms with Crippen LogP contribution in [0.2, 0.25) is 5.15 Å². The molecule has 0 amide bonds. The van der Waals surface area contributed by atoms with E-state index in [-0.39, 0.29) is 5.56 Å². The van der Waals surface area contributed by atoms with Crippen LogP contribution < -0.4 is 5.56 Å². The number of aromatic nitrogens is 2. The lowest BCUT2D eigenvalue weighted by Crippen LogP contribution is -2.30. The lowest BCUT2D eigenvalue weighted by atomic mass is 10.0. The van der Waals surface area contributed by atoms with Crippen LogP contribution >= 0.6 is 11.6 Å². The lowest BCUT2D eigenvalue weighted by molar-refractivity contribution is 0.0605. The third-order valence-corrected chi connectivity index (χ3v) is 3.92. The van der Waals surface area contributed by atoms with E-state index in [4.69, 9.17) is 16.3 Å². The molecule has 0 N–H and O–H groups in total. The van der Waals surface area contributed by atoms with E-state index in [1.807, 2.05) is 4.57 Å². The maximum atomic E-state index is 12.1. The average Bonchev–Trinajstić information content (AvgIpc) is 3.18. The predicted molar refractivity (Wildman–Crippen MR) is 69.0 cm³/mol. The van der Waals surface area contributed by atoms with Crippen molar-refractivity contribution in [2.75, 3.05) is 13.2 Å². The van der Waals surface area contributed by atoms with Gasteiger partial charge in [-0.25, -0.2) is 4.98 Å². The first kappa shape index (κ1) is 12.2.